The first-order chi connectivity index (χ1) is 12.0. The predicted octanol–water partition coefficient (Wildman–Crippen LogP) is 5.62. The first-order valence-electron chi connectivity index (χ1n) is 7.60. The number of halogens is 1. The van der Waals surface area contributed by atoms with E-state index in [-0.39, 0.29) is 0 Å². The van der Waals surface area contributed by atoms with E-state index in [0.717, 1.165) is 15.2 Å². The van der Waals surface area contributed by atoms with Crippen LogP contribution in [0.3, 0.4) is 0 Å². The lowest BCUT2D eigenvalue weighted by Crippen LogP contribution is -1.97. The molecular weight excluding hydrogens is 396 g/mol. The molecular formula is C19H15BrN4S. The van der Waals surface area contributed by atoms with Crippen LogP contribution in [0.2, 0.25) is 0 Å². The zero-order valence-corrected chi connectivity index (χ0v) is 16.1. The Hall–Kier alpha value is -2.36. The summed E-state index contributed by atoms with van der Waals surface area (Å²) in [7, 11) is 0. The van der Waals surface area contributed by atoms with Crippen LogP contribution >= 0.6 is 27.7 Å². The van der Waals surface area contributed by atoms with E-state index in [1.165, 1.54) is 16.0 Å². The molecule has 3 aromatic rings. The van der Waals surface area contributed by atoms with E-state index in [1.54, 1.807) is 30.1 Å². The van der Waals surface area contributed by atoms with Crippen LogP contribution in [0, 0.1) is 25.2 Å². The Morgan fingerprint density at radius 2 is 1.76 bits per heavy atom. The Morgan fingerprint density at radius 3 is 2.40 bits per heavy atom. The zero-order valence-electron chi connectivity index (χ0n) is 13.7. The van der Waals surface area contributed by atoms with E-state index < -0.39 is 0 Å². The van der Waals surface area contributed by atoms with Crippen molar-refractivity contribution in [2.24, 2.45) is 0 Å². The van der Waals surface area contributed by atoms with E-state index in [0.29, 0.717) is 11.5 Å². The monoisotopic (exact) mass is 410 g/mol. The number of nitrogens with one attached hydrogen (secondary N) is 1. The van der Waals surface area contributed by atoms with Crippen LogP contribution < -0.4 is 5.32 Å². The molecule has 3 rings (SSSR count). The topological polar surface area (TPSA) is 61.6 Å². The number of rotatable bonds is 4. The van der Waals surface area contributed by atoms with Crippen molar-refractivity contribution in [1.82, 2.24) is 9.97 Å². The molecule has 0 amide bonds. The van der Waals surface area contributed by atoms with Crippen molar-refractivity contribution < 1.29 is 0 Å². The molecule has 124 valence electrons. The van der Waals surface area contributed by atoms with E-state index >= 15 is 0 Å². The molecule has 25 heavy (non-hydrogen) atoms. The first kappa shape index (κ1) is 17.5. The molecule has 1 N–H and O–H groups in total. The molecule has 2 aromatic carbocycles. The van der Waals surface area contributed by atoms with E-state index in [9.17, 15) is 0 Å². The van der Waals surface area contributed by atoms with Crippen molar-refractivity contribution in [3.8, 4) is 6.07 Å². The summed E-state index contributed by atoms with van der Waals surface area (Å²) in [6.45, 7) is 4.19. The second-order valence-electron chi connectivity index (χ2n) is 5.50. The summed E-state index contributed by atoms with van der Waals surface area (Å²) in [6.07, 6.45) is 1.74. The smallest absolute Gasteiger partial charge is 0.228 e. The van der Waals surface area contributed by atoms with Gasteiger partial charge in [0.2, 0.25) is 5.95 Å². The molecule has 0 bridgehead atoms. The van der Waals surface area contributed by atoms with Gasteiger partial charge in [-0.2, -0.15) is 5.26 Å². The van der Waals surface area contributed by atoms with Gasteiger partial charge < -0.3 is 5.32 Å². The van der Waals surface area contributed by atoms with Crippen LogP contribution in [0.15, 0.2) is 63.1 Å². The van der Waals surface area contributed by atoms with Crippen molar-refractivity contribution in [1.29, 1.82) is 5.26 Å². The van der Waals surface area contributed by atoms with E-state index in [1.807, 2.05) is 18.2 Å². The van der Waals surface area contributed by atoms with Gasteiger partial charge in [-0.3, -0.25) is 0 Å². The molecule has 0 fully saturated rings. The maximum atomic E-state index is 8.86. The highest BCUT2D eigenvalue weighted by atomic mass is 79.9. The van der Waals surface area contributed by atoms with Gasteiger partial charge in [0, 0.05) is 21.3 Å². The van der Waals surface area contributed by atoms with Crippen LogP contribution in [0.1, 0.15) is 16.7 Å². The van der Waals surface area contributed by atoms with Gasteiger partial charge in [0.15, 0.2) is 0 Å². The van der Waals surface area contributed by atoms with Crippen LogP contribution in [-0.4, -0.2) is 9.97 Å². The van der Waals surface area contributed by atoms with Crippen LogP contribution in [0.25, 0.3) is 0 Å². The molecule has 1 aromatic heterocycles. The molecule has 6 heteroatoms. The molecule has 0 spiro atoms. The summed E-state index contributed by atoms with van der Waals surface area (Å²) in [5.41, 5.74) is 3.88. The Kier molecular flexibility index (Phi) is 5.37. The van der Waals surface area contributed by atoms with Gasteiger partial charge in [0.1, 0.15) is 5.03 Å². The minimum Gasteiger partial charge on any atom is -0.324 e. The van der Waals surface area contributed by atoms with Crippen molar-refractivity contribution in [3.05, 3.63) is 69.8 Å². The third-order valence-corrected chi connectivity index (χ3v) is 5.27. The minimum absolute atomic E-state index is 0.530. The highest BCUT2D eigenvalue weighted by Crippen LogP contribution is 2.34. The second-order valence-corrected chi connectivity index (χ2v) is 7.45. The zero-order chi connectivity index (χ0) is 17.8. The molecule has 0 aliphatic rings. The summed E-state index contributed by atoms with van der Waals surface area (Å²) in [5.74, 6) is 0.530. The number of hydrogen-bond acceptors (Lipinski definition) is 5. The van der Waals surface area contributed by atoms with Crippen LogP contribution in [0.4, 0.5) is 11.6 Å². The number of aryl methyl sites for hydroxylation is 2. The van der Waals surface area contributed by atoms with E-state index in [2.05, 4.69) is 63.3 Å². The normalized spacial score (nSPS) is 10.3. The molecule has 0 atom stereocenters. The molecule has 0 saturated heterocycles. The van der Waals surface area contributed by atoms with Gasteiger partial charge in [-0.05, 0) is 67.4 Å². The maximum Gasteiger partial charge on any atom is 0.228 e. The number of nitriles is 1. The Balaban J connectivity index is 1.81. The van der Waals surface area contributed by atoms with E-state index in [4.69, 9.17) is 5.26 Å². The average molecular weight is 411 g/mol. The second kappa shape index (κ2) is 7.68. The molecule has 0 aliphatic heterocycles. The molecule has 4 nitrogen and oxygen atoms in total. The molecule has 0 saturated carbocycles. The largest absolute Gasteiger partial charge is 0.324 e. The van der Waals surface area contributed by atoms with Gasteiger partial charge in [-0.15, -0.1) is 0 Å². The maximum absolute atomic E-state index is 8.86. The van der Waals surface area contributed by atoms with Gasteiger partial charge in [-0.25, -0.2) is 9.97 Å². The Bertz CT molecular complexity index is 925. The summed E-state index contributed by atoms with van der Waals surface area (Å²) >= 11 is 5.15. The van der Waals surface area contributed by atoms with Gasteiger partial charge in [0.25, 0.3) is 0 Å². The molecule has 0 aliphatic carbocycles. The van der Waals surface area contributed by atoms with Crippen molar-refractivity contribution >= 4 is 39.3 Å². The molecule has 1 heterocycles. The standard InChI is InChI=1S/C19H15BrN4S/c1-12-9-15(20)10-13(2)18(12)25-17-7-8-22-19(24-17)23-16-5-3-14(11-21)4-6-16/h3-10H,1-2H3,(H,22,23,24). The lowest BCUT2D eigenvalue weighted by molar-refractivity contribution is 1.05. The summed E-state index contributed by atoms with van der Waals surface area (Å²) in [4.78, 5) is 10.0. The Labute approximate surface area is 159 Å². The number of aromatic nitrogens is 2. The number of hydrogen-bond donors (Lipinski definition) is 1. The average Bonchev–Trinajstić information content (AvgIpc) is 2.59. The third kappa shape index (κ3) is 4.38. The quantitative estimate of drug-likeness (QED) is 0.565. The first-order valence-corrected chi connectivity index (χ1v) is 9.21. The fourth-order valence-corrected chi connectivity index (χ4v) is 3.98. The highest BCUT2D eigenvalue weighted by Gasteiger charge is 2.08. The number of nitrogens with zero attached hydrogens (tertiary/aromatic N) is 3. The molecule has 0 radical (unpaired) electrons. The fourth-order valence-electron chi connectivity index (χ4n) is 2.38. The van der Waals surface area contributed by atoms with Crippen LogP contribution in [0.5, 0.6) is 0 Å². The Morgan fingerprint density at radius 1 is 1.08 bits per heavy atom. The van der Waals surface area contributed by atoms with Crippen molar-refractivity contribution in [3.63, 3.8) is 0 Å². The summed E-state index contributed by atoms with van der Waals surface area (Å²) in [6, 6.07) is 15.4. The lowest BCUT2D eigenvalue weighted by Gasteiger charge is -2.11. The third-order valence-electron chi connectivity index (χ3n) is 3.53. The lowest BCUT2D eigenvalue weighted by atomic mass is 10.2. The SMILES string of the molecule is Cc1cc(Br)cc(C)c1Sc1ccnc(Nc2ccc(C#N)cc2)n1. The number of anilines is 2. The van der Waals surface area contributed by atoms with Crippen molar-refractivity contribution in [2.75, 3.05) is 5.32 Å². The van der Waals surface area contributed by atoms with Crippen LogP contribution in [-0.2, 0) is 0 Å². The summed E-state index contributed by atoms with van der Waals surface area (Å²) in [5, 5.41) is 12.9. The van der Waals surface area contributed by atoms with Gasteiger partial charge in [-0.1, -0.05) is 27.7 Å². The molecule has 0 unspecified atom stereocenters. The van der Waals surface area contributed by atoms with Crippen molar-refractivity contribution in [2.45, 2.75) is 23.8 Å². The highest BCUT2D eigenvalue weighted by molar-refractivity contribution is 9.10. The fraction of sp³-hybridized carbons (Fsp3) is 0.105. The van der Waals surface area contributed by atoms with Gasteiger partial charge >= 0.3 is 0 Å². The number of benzene rings is 2. The summed E-state index contributed by atoms with van der Waals surface area (Å²) < 4.78 is 1.08. The van der Waals surface area contributed by atoms with Gasteiger partial charge in [0.05, 0.1) is 11.6 Å². The minimum atomic E-state index is 0.530. The predicted molar refractivity (Wildman–Crippen MR) is 104 cm³/mol.